The summed E-state index contributed by atoms with van der Waals surface area (Å²) in [6.45, 7) is 1.46. The van der Waals surface area contributed by atoms with Gasteiger partial charge in [-0.1, -0.05) is 23.2 Å². The van der Waals surface area contributed by atoms with Crippen LogP contribution >= 0.6 is 23.2 Å². The number of carbonyl (C=O) groups excluding carboxylic acids is 1. The highest BCUT2D eigenvalue weighted by Crippen LogP contribution is 2.32. The van der Waals surface area contributed by atoms with Crippen LogP contribution in [0.1, 0.15) is 12.8 Å². The van der Waals surface area contributed by atoms with E-state index in [4.69, 9.17) is 23.2 Å². The van der Waals surface area contributed by atoms with Crippen molar-refractivity contribution in [2.45, 2.75) is 17.7 Å². The van der Waals surface area contributed by atoms with E-state index in [1.807, 2.05) is 0 Å². The van der Waals surface area contributed by atoms with Gasteiger partial charge in [-0.3, -0.25) is 4.79 Å². The maximum atomic E-state index is 12.6. The fourth-order valence-corrected chi connectivity index (χ4v) is 4.71. The van der Waals surface area contributed by atoms with Gasteiger partial charge in [0.05, 0.1) is 4.90 Å². The predicted octanol–water partition coefficient (Wildman–Crippen LogP) is 2.24. The zero-order chi connectivity index (χ0) is 15.9. The van der Waals surface area contributed by atoms with Crippen LogP contribution in [0.25, 0.3) is 0 Å². The second-order valence-corrected chi connectivity index (χ2v) is 8.42. The van der Waals surface area contributed by atoms with Crippen LogP contribution in [-0.4, -0.2) is 49.7 Å². The van der Waals surface area contributed by atoms with Crippen molar-refractivity contribution in [2.24, 2.45) is 5.92 Å². The average molecular weight is 363 g/mol. The monoisotopic (exact) mass is 362 g/mol. The molecule has 1 aromatic rings. The van der Waals surface area contributed by atoms with Gasteiger partial charge in [0, 0.05) is 42.1 Å². The molecule has 2 aliphatic rings. The third kappa shape index (κ3) is 3.25. The van der Waals surface area contributed by atoms with Crippen molar-refractivity contribution >= 4 is 39.1 Å². The molecule has 0 bridgehead atoms. The summed E-state index contributed by atoms with van der Waals surface area (Å²) < 4.78 is 26.6. The van der Waals surface area contributed by atoms with E-state index in [-0.39, 0.29) is 26.8 Å². The molecule has 0 radical (unpaired) electrons. The molecule has 8 heteroatoms. The Labute approximate surface area is 139 Å². The summed E-state index contributed by atoms with van der Waals surface area (Å²) in [6, 6.07) is 4.28. The van der Waals surface area contributed by atoms with Gasteiger partial charge in [-0.05, 0) is 31.0 Å². The van der Waals surface area contributed by atoms with Gasteiger partial charge < -0.3 is 4.90 Å². The van der Waals surface area contributed by atoms with E-state index in [1.54, 1.807) is 4.90 Å². The Hall–Kier alpha value is -0.820. The van der Waals surface area contributed by atoms with E-state index >= 15 is 0 Å². The lowest BCUT2D eigenvalue weighted by Gasteiger charge is -2.34. The molecular weight excluding hydrogens is 347 g/mol. The standard InChI is InChI=1S/C14H16Cl2N2O3S/c15-11-7-12(16)9-13(8-11)22(20,21)18-5-3-17(4-6-18)14(19)10-1-2-10/h7-10H,1-6H2. The molecule has 0 aromatic heterocycles. The van der Waals surface area contributed by atoms with Crippen molar-refractivity contribution in [3.63, 3.8) is 0 Å². The molecule has 1 saturated heterocycles. The molecular formula is C14H16Cl2N2O3S. The largest absolute Gasteiger partial charge is 0.340 e. The Kier molecular flexibility index (Phi) is 4.38. The second kappa shape index (κ2) is 6.00. The molecule has 3 rings (SSSR count). The van der Waals surface area contributed by atoms with Gasteiger partial charge in [-0.15, -0.1) is 0 Å². The van der Waals surface area contributed by atoms with Gasteiger partial charge in [-0.2, -0.15) is 4.31 Å². The molecule has 22 heavy (non-hydrogen) atoms. The normalized spacial score (nSPS) is 20.2. The van der Waals surface area contributed by atoms with Crippen LogP contribution in [0.15, 0.2) is 23.1 Å². The van der Waals surface area contributed by atoms with E-state index < -0.39 is 10.0 Å². The molecule has 1 heterocycles. The molecule has 0 spiro atoms. The SMILES string of the molecule is O=C(C1CC1)N1CCN(S(=O)(=O)c2cc(Cl)cc(Cl)c2)CC1. The minimum Gasteiger partial charge on any atom is -0.340 e. The predicted molar refractivity (Wildman–Crippen MR) is 84.5 cm³/mol. The summed E-state index contributed by atoms with van der Waals surface area (Å²) >= 11 is 11.8. The quantitative estimate of drug-likeness (QED) is 0.828. The van der Waals surface area contributed by atoms with Gasteiger partial charge >= 0.3 is 0 Å². The number of sulfonamides is 1. The lowest BCUT2D eigenvalue weighted by molar-refractivity contribution is -0.133. The van der Waals surface area contributed by atoms with Crippen LogP contribution in [0, 0.1) is 5.92 Å². The van der Waals surface area contributed by atoms with Gasteiger partial charge in [0.25, 0.3) is 0 Å². The number of carbonyl (C=O) groups is 1. The number of piperazine rings is 1. The van der Waals surface area contributed by atoms with Crippen molar-refractivity contribution in [1.82, 2.24) is 9.21 Å². The maximum Gasteiger partial charge on any atom is 0.243 e. The first-order chi connectivity index (χ1) is 10.4. The van der Waals surface area contributed by atoms with Crippen LogP contribution < -0.4 is 0 Å². The Bertz CT molecular complexity index is 676. The van der Waals surface area contributed by atoms with Crippen LogP contribution in [-0.2, 0) is 14.8 Å². The van der Waals surface area contributed by atoms with E-state index in [1.165, 1.54) is 22.5 Å². The number of benzene rings is 1. The molecule has 1 aliphatic carbocycles. The highest BCUT2D eigenvalue weighted by Gasteiger charge is 2.36. The minimum atomic E-state index is -3.63. The third-order valence-electron chi connectivity index (χ3n) is 3.95. The zero-order valence-electron chi connectivity index (χ0n) is 11.8. The van der Waals surface area contributed by atoms with E-state index in [0.29, 0.717) is 26.2 Å². The van der Waals surface area contributed by atoms with Crippen LogP contribution in [0.2, 0.25) is 10.0 Å². The number of hydrogen-bond donors (Lipinski definition) is 0. The molecule has 1 saturated carbocycles. The zero-order valence-corrected chi connectivity index (χ0v) is 14.2. The fourth-order valence-electron chi connectivity index (χ4n) is 2.56. The Morgan fingerprint density at radius 1 is 1.00 bits per heavy atom. The summed E-state index contributed by atoms with van der Waals surface area (Å²) in [5.41, 5.74) is 0. The van der Waals surface area contributed by atoms with Crippen molar-refractivity contribution in [3.8, 4) is 0 Å². The molecule has 0 unspecified atom stereocenters. The Morgan fingerprint density at radius 2 is 1.55 bits per heavy atom. The van der Waals surface area contributed by atoms with Gasteiger partial charge in [0.2, 0.25) is 15.9 Å². The van der Waals surface area contributed by atoms with Crippen molar-refractivity contribution < 1.29 is 13.2 Å². The van der Waals surface area contributed by atoms with Crippen LogP contribution in [0.3, 0.4) is 0 Å². The summed E-state index contributed by atoms with van der Waals surface area (Å²) in [5.74, 6) is 0.317. The number of hydrogen-bond acceptors (Lipinski definition) is 3. The first-order valence-electron chi connectivity index (χ1n) is 7.13. The molecule has 0 N–H and O–H groups in total. The van der Waals surface area contributed by atoms with E-state index in [2.05, 4.69) is 0 Å². The molecule has 5 nitrogen and oxygen atoms in total. The van der Waals surface area contributed by atoms with Gasteiger partial charge in [-0.25, -0.2) is 8.42 Å². The number of amides is 1. The van der Waals surface area contributed by atoms with Crippen LogP contribution in [0.5, 0.6) is 0 Å². The first kappa shape index (κ1) is 16.1. The van der Waals surface area contributed by atoms with Crippen molar-refractivity contribution in [1.29, 1.82) is 0 Å². The Morgan fingerprint density at radius 3 is 2.05 bits per heavy atom. The fraction of sp³-hybridized carbons (Fsp3) is 0.500. The topological polar surface area (TPSA) is 57.7 Å². The van der Waals surface area contributed by atoms with Gasteiger partial charge in [0.1, 0.15) is 0 Å². The second-order valence-electron chi connectivity index (χ2n) is 5.61. The summed E-state index contributed by atoms with van der Waals surface area (Å²) in [7, 11) is -3.63. The van der Waals surface area contributed by atoms with Gasteiger partial charge in [0.15, 0.2) is 0 Å². The van der Waals surface area contributed by atoms with Crippen LogP contribution in [0.4, 0.5) is 0 Å². The molecule has 120 valence electrons. The van der Waals surface area contributed by atoms with Crippen molar-refractivity contribution in [3.05, 3.63) is 28.2 Å². The lowest BCUT2D eigenvalue weighted by atomic mass is 10.3. The maximum absolute atomic E-state index is 12.6. The highest BCUT2D eigenvalue weighted by atomic mass is 35.5. The molecule has 1 aromatic carbocycles. The third-order valence-corrected chi connectivity index (χ3v) is 6.26. The first-order valence-corrected chi connectivity index (χ1v) is 9.32. The number of rotatable bonds is 3. The Balaban J connectivity index is 1.72. The minimum absolute atomic E-state index is 0.0898. The number of nitrogens with zero attached hydrogens (tertiary/aromatic N) is 2. The average Bonchev–Trinajstić information content (AvgIpc) is 3.30. The summed E-state index contributed by atoms with van der Waals surface area (Å²) in [6.07, 6.45) is 1.91. The van der Waals surface area contributed by atoms with E-state index in [0.717, 1.165) is 12.8 Å². The summed E-state index contributed by atoms with van der Waals surface area (Å²) in [4.78, 5) is 13.8. The highest BCUT2D eigenvalue weighted by molar-refractivity contribution is 7.89. The van der Waals surface area contributed by atoms with E-state index in [9.17, 15) is 13.2 Å². The molecule has 0 atom stereocenters. The lowest BCUT2D eigenvalue weighted by Crippen LogP contribution is -2.50. The molecule has 1 aliphatic heterocycles. The summed E-state index contributed by atoms with van der Waals surface area (Å²) in [5, 5.41) is 0.572. The number of halogens is 2. The van der Waals surface area contributed by atoms with Crippen molar-refractivity contribution in [2.75, 3.05) is 26.2 Å². The molecule has 2 fully saturated rings. The molecule has 1 amide bonds. The smallest absolute Gasteiger partial charge is 0.243 e.